The fourth-order valence-corrected chi connectivity index (χ4v) is 8.68. The number of hydrogen-bond acceptors (Lipinski definition) is 4. The Hall–Kier alpha value is -2.35. The Kier molecular flexibility index (Phi) is 7.27. The molecule has 3 aromatic carbocycles. The number of alkyl halides is 3. The summed E-state index contributed by atoms with van der Waals surface area (Å²) in [6.45, 7) is 0. The van der Waals surface area contributed by atoms with Crippen molar-refractivity contribution in [1.82, 2.24) is 9.21 Å². The molecule has 6 rings (SSSR count). The molecular weight excluding hydrogens is 559 g/mol. The number of amidine groups is 1. The first-order chi connectivity index (χ1) is 18.4. The SMILES string of the molecule is O=C(c1ccccc1)N1[C@@H](C(Cl)(Cl)Cl)N(C2CCCCC2)C2=S1N(c1ccccc1)C(c1ccccc1)=N2. The number of aliphatic imine (C=N–C) groups is 1. The smallest absolute Gasteiger partial charge is 0.266 e. The molecule has 38 heavy (non-hydrogen) atoms. The maximum absolute atomic E-state index is 14.3. The van der Waals surface area contributed by atoms with Crippen LogP contribution >= 0.6 is 45.7 Å². The van der Waals surface area contributed by atoms with Crippen molar-refractivity contribution in [3.8, 4) is 0 Å². The Labute approximate surface area is 240 Å². The van der Waals surface area contributed by atoms with Gasteiger partial charge in [-0.25, -0.2) is 14.2 Å². The van der Waals surface area contributed by atoms with Gasteiger partial charge in [0.2, 0.25) is 3.79 Å². The van der Waals surface area contributed by atoms with Crippen molar-refractivity contribution in [3.63, 3.8) is 0 Å². The predicted molar refractivity (Wildman–Crippen MR) is 160 cm³/mol. The quantitative estimate of drug-likeness (QED) is 0.233. The first-order valence-corrected chi connectivity index (χ1v) is 15.1. The van der Waals surface area contributed by atoms with E-state index in [4.69, 9.17) is 39.8 Å². The van der Waals surface area contributed by atoms with Gasteiger partial charge in [0.25, 0.3) is 5.91 Å². The van der Waals surface area contributed by atoms with Crippen LogP contribution in [-0.2, 0) is 0 Å². The van der Waals surface area contributed by atoms with Crippen LogP contribution in [0.5, 0.6) is 0 Å². The van der Waals surface area contributed by atoms with Crippen molar-refractivity contribution in [2.45, 2.75) is 48.1 Å². The summed E-state index contributed by atoms with van der Waals surface area (Å²) in [5, 5.41) is 0.778. The number of hydrogen-bond donors (Lipinski definition) is 0. The first kappa shape index (κ1) is 25.9. The Morgan fingerprint density at radius 1 is 0.816 bits per heavy atom. The summed E-state index contributed by atoms with van der Waals surface area (Å²) in [7, 11) is -0.961. The van der Waals surface area contributed by atoms with Gasteiger partial charge >= 0.3 is 0 Å². The summed E-state index contributed by atoms with van der Waals surface area (Å²) >= 11 is 20.3. The fraction of sp³-hybridized carbons (Fsp3) is 0.276. The number of rotatable bonds is 4. The molecule has 2 atom stereocenters. The van der Waals surface area contributed by atoms with Gasteiger partial charge in [-0.15, -0.1) is 0 Å². The Morgan fingerprint density at radius 3 is 2.00 bits per heavy atom. The van der Waals surface area contributed by atoms with E-state index in [1.54, 1.807) is 4.31 Å². The second kappa shape index (κ2) is 10.7. The molecule has 1 unspecified atom stereocenters. The second-order valence-electron chi connectivity index (χ2n) is 9.59. The normalized spacial score (nSPS) is 22.5. The number of nitrogens with zero attached hydrogens (tertiary/aromatic N) is 4. The highest BCUT2D eigenvalue weighted by molar-refractivity contribution is 8.16. The van der Waals surface area contributed by atoms with Crippen LogP contribution in [0.3, 0.4) is 0 Å². The molecular formula is C29H27Cl3N4OS. The van der Waals surface area contributed by atoms with E-state index >= 15 is 0 Å². The van der Waals surface area contributed by atoms with Crippen molar-refractivity contribution >= 4 is 68.2 Å². The van der Waals surface area contributed by atoms with E-state index in [0.29, 0.717) is 5.56 Å². The van der Waals surface area contributed by atoms with Crippen molar-refractivity contribution in [2.75, 3.05) is 4.31 Å². The lowest BCUT2D eigenvalue weighted by atomic mass is 9.94. The summed E-state index contributed by atoms with van der Waals surface area (Å²) < 4.78 is 2.15. The van der Waals surface area contributed by atoms with Crippen LogP contribution < -0.4 is 4.31 Å². The van der Waals surface area contributed by atoms with Gasteiger partial charge in [-0.2, -0.15) is 0 Å². The Morgan fingerprint density at radius 2 is 1.39 bits per heavy atom. The van der Waals surface area contributed by atoms with E-state index in [0.717, 1.165) is 47.9 Å². The van der Waals surface area contributed by atoms with E-state index in [9.17, 15) is 4.79 Å². The van der Waals surface area contributed by atoms with Crippen LogP contribution in [0.2, 0.25) is 0 Å². The largest absolute Gasteiger partial charge is 0.268 e. The highest BCUT2D eigenvalue weighted by atomic mass is 35.6. The molecule has 2 heterocycles. The third-order valence-corrected chi connectivity index (χ3v) is 9.81. The van der Waals surface area contributed by atoms with Crippen molar-refractivity contribution in [1.29, 1.82) is 0 Å². The maximum atomic E-state index is 14.3. The Balaban J connectivity index is 1.58. The molecule has 1 aliphatic carbocycles. The van der Waals surface area contributed by atoms with Gasteiger partial charge in [-0.1, -0.05) is 121 Å². The van der Waals surface area contributed by atoms with Gasteiger partial charge in [0.05, 0.1) is 16.5 Å². The molecule has 1 fully saturated rings. The van der Waals surface area contributed by atoms with E-state index in [2.05, 4.69) is 9.21 Å². The van der Waals surface area contributed by atoms with E-state index in [1.165, 1.54) is 6.42 Å². The number of halogens is 3. The second-order valence-corrected chi connectivity index (χ2v) is 13.6. The zero-order valence-corrected chi connectivity index (χ0v) is 23.7. The number of carbonyl (C=O) groups is 1. The molecule has 0 spiro atoms. The van der Waals surface area contributed by atoms with Gasteiger partial charge in [0.15, 0.2) is 17.1 Å². The summed E-state index contributed by atoms with van der Waals surface area (Å²) in [5.41, 5.74) is 2.44. The molecule has 0 radical (unpaired) electrons. The zero-order valence-electron chi connectivity index (χ0n) is 20.6. The molecule has 5 nitrogen and oxygen atoms in total. The highest BCUT2D eigenvalue weighted by Gasteiger charge is 2.57. The minimum absolute atomic E-state index is 0.124. The zero-order chi connectivity index (χ0) is 26.3. The summed E-state index contributed by atoms with van der Waals surface area (Å²) in [6, 6.07) is 29.5. The monoisotopic (exact) mass is 584 g/mol. The standard InChI is InChI=1S/C29H27Cl3N4OS/c30-29(31,32)27-34(23-17-9-3-10-18-23)28-33-25(21-13-5-1-6-14-21)35(24-19-11-4-12-20-24)38(28)36(27)26(37)22-15-7-2-8-16-22/h1-2,4-8,11-16,19-20,23,27H,3,9-10,17-18H2/t27-,38?/m0/s1. The number of anilines is 1. The van der Waals surface area contributed by atoms with Crippen molar-refractivity contribution in [3.05, 3.63) is 102 Å². The molecule has 2 aliphatic heterocycles. The Bertz CT molecular complexity index is 1370. The van der Waals surface area contributed by atoms with Crippen LogP contribution in [0.4, 0.5) is 5.69 Å². The summed E-state index contributed by atoms with van der Waals surface area (Å²) in [6.07, 6.45) is 4.51. The number of benzene rings is 3. The molecule has 196 valence electrons. The molecule has 0 aromatic heterocycles. The molecule has 0 saturated heterocycles. The molecule has 3 aromatic rings. The lowest BCUT2D eigenvalue weighted by Crippen LogP contribution is -2.56. The predicted octanol–water partition coefficient (Wildman–Crippen LogP) is 7.63. The topological polar surface area (TPSA) is 39.2 Å². The van der Waals surface area contributed by atoms with Gasteiger partial charge in [-0.3, -0.25) is 9.10 Å². The van der Waals surface area contributed by atoms with Crippen LogP contribution in [0.15, 0.2) is 96.0 Å². The third kappa shape index (κ3) is 4.67. The van der Waals surface area contributed by atoms with Gasteiger partial charge in [0, 0.05) is 17.2 Å². The van der Waals surface area contributed by atoms with E-state index in [-0.39, 0.29) is 11.9 Å². The fourth-order valence-electron chi connectivity index (χ4n) is 5.44. The molecule has 1 amide bonds. The first-order valence-electron chi connectivity index (χ1n) is 12.8. The highest BCUT2D eigenvalue weighted by Crippen LogP contribution is 2.53. The molecule has 3 aliphatic rings. The van der Waals surface area contributed by atoms with E-state index < -0.39 is 20.8 Å². The van der Waals surface area contributed by atoms with E-state index in [1.807, 2.05) is 91.0 Å². The minimum atomic E-state index is -1.75. The molecule has 1 saturated carbocycles. The number of amides is 1. The molecule has 9 heteroatoms. The third-order valence-electron chi connectivity index (χ3n) is 7.13. The van der Waals surface area contributed by atoms with Crippen molar-refractivity contribution < 1.29 is 4.79 Å². The maximum Gasteiger partial charge on any atom is 0.266 e. The van der Waals surface area contributed by atoms with Gasteiger partial charge < -0.3 is 0 Å². The minimum Gasteiger partial charge on any atom is -0.268 e. The van der Waals surface area contributed by atoms with Crippen LogP contribution in [0.25, 0.3) is 0 Å². The lowest BCUT2D eigenvalue weighted by Gasteiger charge is -2.42. The average Bonchev–Trinajstić information content (AvgIpc) is 3.50. The van der Waals surface area contributed by atoms with Crippen LogP contribution in [0, 0.1) is 0 Å². The van der Waals surface area contributed by atoms with Gasteiger partial charge in [-0.05, 0) is 37.1 Å². The van der Waals surface area contributed by atoms with Gasteiger partial charge in [0.1, 0.15) is 0 Å². The number of para-hydroxylation sites is 1. The number of carbonyl (C=O) groups excluding carboxylic acids is 1. The van der Waals surface area contributed by atoms with Crippen LogP contribution in [-0.4, -0.2) is 42.1 Å². The molecule has 0 N–H and O–H groups in total. The van der Waals surface area contributed by atoms with Crippen molar-refractivity contribution in [2.24, 2.45) is 4.99 Å². The summed E-state index contributed by atoms with van der Waals surface area (Å²) in [4.78, 5) is 21.7. The molecule has 0 bridgehead atoms. The average molecular weight is 586 g/mol. The summed E-state index contributed by atoms with van der Waals surface area (Å²) in [5.74, 6) is 0.594. The lowest BCUT2D eigenvalue weighted by molar-refractivity contribution is 0.0695. The van der Waals surface area contributed by atoms with Crippen LogP contribution in [0.1, 0.15) is 48.0 Å².